The first kappa shape index (κ1) is 7.16. The molecule has 0 saturated carbocycles. The van der Waals surface area contributed by atoms with Crippen LogP contribution in [0.4, 0.5) is 0 Å². The molecule has 0 heterocycles. The van der Waals surface area contributed by atoms with E-state index in [1.54, 1.807) is 0 Å². The predicted molar refractivity (Wildman–Crippen MR) is 23.1 cm³/mol. The van der Waals surface area contributed by atoms with Gasteiger partial charge in [-0.3, -0.25) is 0 Å². The van der Waals surface area contributed by atoms with E-state index in [1.807, 2.05) is 4.93 Å². The van der Waals surface area contributed by atoms with Gasteiger partial charge in [-0.15, -0.1) is 0 Å². The minimum atomic E-state index is -0.119. The number of carbonyl (C=O) groups excluding carboxylic acids is 1. The molecule has 0 spiro atoms. The van der Waals surface area contributed by atoms with E-state index < -0.39 is 0 Å². The summed E-state index contributed by atoms with van der Waals surface area (Å²) in [6.45, 7) is 0.119. The Morgan fingerprint density at radius 3 is 2.71 bits per heavy atom. The number of alkyl halides is 1. The third-order valence-electron chi connectivity index (χ3n) is 0.385. The van der Waals surface area contributed by atoms with Crippen LogP contribution in [0.5, 0.6) is 0 Å². The van der Waals surface area contributed by atoms with E-state index in [4.69, 9.17) is 5.73 Å². The summed E-state index contributed by atoms with van der Waals surface area (Å²) >= 11 is -0.119. The molecule has 3 nitrogen and oxygen atoms in total. The van der Waals surface area contributed by atoms with E-state index in [0.717, 1.165) is 0 Å². The van der Waals surface area contributed by atoms with Crippen molar-refractivity contribution < 1.29 is 26.3 Å². The minimum absolute atomic E-state index is 0.0460. The second-order valence-electron chi connectivity index (χ2n) is 0.911. The molecule has 0 fully saturated rings. The molecule has 44 valence electrons. The van der Waals surface area contributed by atoms with Gasteiger partial charge >= 0.3 is 52.9 Å². The van der Waals surface area contributed by atoms with Crippen LogP contribution in [0.3, 0.4) is 0 Å². The summed E-state index contributed by atoms with van der Waals surface area (Å²) in [6.07, 6.45) is 0. The number of nitrogens with two attached hydrogens (primary N) is 1. The molecule has 7 heavy (non-hydrogen) atoms. The van der Waals surface area contributed by atoms with Crippen molar-refractivity contribution in [3.8, 4) is 0 Å². The molecule has 0 rings (SSSR count). The molecule has 0 aliphatic carbocycles. The van der Waals surface area contributed by atoms with Gasteiger partial charge in [0.1, 0.15) is 0 Å². The molecule has 0 saturated heterocycles. The molecular weight excluding hydrogens is 207 g/mol. The van der Waals surface area contributed by atoms with E-state index in [9.17, 15) is 4.79 Å². The number of nitrogens with one attached hydrogen (secondary N) is 1. The number of hydrogen-bond acceptors (Lipinski definition) is 2. The zero-order chi connectivity index (χ0) is 5.70. The van der Waals surface area contributed by atoms with Crippen molar-refractivity contribution in [3.63, 3.8) is 0 Å². The summed E-state index contributed by atoms with van der Waals surface area (Å²) in [5.41, 5.74) is 4.96. The Morgan fingerprint density at radius 1 is 2.00 bits per heavy atom. The van der Waals surface area contributed by atoms with Crippen molar-refractivity contribution in [3.05, 3.63) is 0 Å². The van der Waals surface area contributed by atoms with Crippen molar-refractivity contribution >= 4 is 5.91 Å². The monoisotopic (exact) mass is 215 g/mol. The molecule has 0 aromatic carbocycles. The number of rotatable bonds is 2. The fraction of sp³-hybridized carbons (Fsp3) is 0.667. The fourth-order valence-electron chi connectivity index (χ4n) is 0.144. The van der Waals surface area contributed by atoms with E-state index in [1.165, 1.54) is 0 Å². The van der Waals surface area contributed by atoms with Gasteiger partial charge in [0.15, 0.2) is 0 Å². The van der Waals surface area contributed by atoms with Gasteiger partial charge in [0.2, 0.25) is 0 Å². The second kappa shape index (κ2) is 4.32. The van der Waals surface area contributed by atoms with Crippen molar-refractivity contribution in [2.24, 2.45) is 5.73 Å². The first-order chi connectivity index (χ1) is 3.31. The van der Waals surface area contributed by atoms with Gasteiger partial charge in [-0.25, -0.2) is 0 Å². The van der Waals surface area contributed by atoms with E-state index in [0.29, 0.717) is 0 Å². The topological polar surface area (TPSA) is 55.1 Å². The van der Waals surface area contributed by atoms with Crippen molar-refractivity contribution in [1.82, 2.24) is 3.53 Å². The maximum atomic E-state index is 10.2. The summed E-state index contributed by atoms with van der Waals surface area (Å²) in [6, 6.07) is 0. The predicted octanol–water partition coefficient (Wildman–Crippen LogP) is -4.30. The standard InChI is InChI=1S/C3H8IN2O/c1-4-6-3(7)2-5/h2,5H2,1H3,(H,6,7)/q-1. The molecule has 0 bridgehead atoms. The van der Waals surface area contributed by atoms with Crippen molar-refractivity contribution in [2.75, 3.05) is 11.5 Å². The van der Waals surface area contributed by atoms with Gasteiger partial charge < -0.3 is 0 Å². The van der Waals surface area contributed by atoms with Crippen LogP contribution in [-0.2, 0) is 4.79 Å². The molecule has 0 unspecified atom stereocenters. The molecule has 0 aromatic rings. The van der Waals surface area contributed by atoms with Crippen molar-refractivity contribution in [1.29, 1.82) is 0 Å². The average Bonchev–Trinajstić information content (AvgIpc) is 1.68. The van der Waals surface area contributed by atoms with Crippen LogP contribution in [0.15, 0.2) is 0 Å². The first-order valence-electron chi connectivity index (χ1n) is 1.78. The van der Waals surface area contributed by atoms with Gasteiger partial charge in [0, 0.05) is 0 Å². The van der Waals surface area contributed by atoms with Crippen LogP contribution in [0, 0.1) is 0 Å². The van der Waals surface area contributed by atoms with E-state index in [2.05, 4.69) is 3.53 Å². The van der Waals surface area contributed by atoms with Gasteiger partial charge in [-0.05, 0) is 0 Å². The molecule has 1 amide bonds. The number of amides is 1. The zero-order valence-electron chi connectivity index (χ0n) is 4.07. The van der Waals surface area contributed by atoms with E-state index >= 15 is 0 Å². The quantitative estimate of drug-likeness (QED) is 0.278. The molecule has 4 heteroatoms. The molecular formula is C3H8IN2O-. The van der Waals surface area contributed by atoms with Gasteiger partial charge in [0.25, 0.3) is 0 Å². The van der Waals surface area contributed by atoms with Crippen LogP contribution >= 0.6 is 0 Å². The summed E-state index contributed by atoms with van der Waals surface area (Å²) in [4.78, 5) is 12.2. The average molecular weight is 215 g/mol. The van der Waals surface area contributed by atoms with E-state index in [-0.39, 0.29) is 33.9 Å². The number of halogens is 1. The Kier molecular flexibility index (Phi) is 4.42. The van der Waals surface area contributed by atoms with Gasteiger partial charge in [-0.2, -0.15) is 0 Å². The zero-order valence-corrected chi connectivity index (χ0v) is 6.23. The summed E-state index contributed by atoms with van der Waals surface area (Å²) in [5, 5.41) is 0. The van der Waals surface area contributed by atoms with Crippen LogP contribution in [-0.4, -0.2) is 17.4 Å². The van der Waals surface area contributed by atoms with Gasteiger partial charge in [0.05, 0.1) is 0 Å². The third-order valence-corrected chi connectivity index (χ3v) is 1.53. The Balaban J connectivity index is 3.00. The van der Waals surface area contributed by atoms with Gasteiger partial charge in [-0.1, -0.05) is 0 Å². The number of carbonyl (C=O) groups is 1. The molecule has 0 aliphatic heterocycles. The Labute approximate surface area is 53.3 Å². The van der Waals surface area contributed by atoms with Crippen LogP contribution in [0.1, 0.15) is 0 Å². The Morgan fingerprint density at radius 2 is 2.57 bits per heavy atom. The first-order valence-corrected chi connectivity index (χ1v) is 5.02. The second-order valence-corrected chi connectivity index (χ2v) is 2.53. The molecule has 0 atom stereocenters. The van der Waals surface area contributed by atoms with Crippen LogP contribution in [0.25, 0.3) is 0 Å². The molecule has 0 radical (unpaired) electrons. The van der Waals surface area contributed by atoms with Crippen molar-refractivity contribution in [2.45, 2.75) is 0 Å². The third kappa shape index (κ3) is 4.00. The maximum absolute atomic E-state index is 10.2. The summed E-state index contributed by atoms with van der Waals surface area (Å²) in [5.74, 6) is -0.0460. The fourth-order valence-corrected chi connectivity index (χ4v) is 0.966. The Bertz CT molecular complexity index is 66.0. The normalized spacial score (nSPS) is 8.86. The van der Waals surface area contributed by atoms with Crippen LogP contribution < -0.4 is 30.7 Å². The van der Waals surface area contributed by atoms with Crippen LogP contribution in [0.2, 0.25) is 0 Å². The number of hydrogen-bond donors (Lipinski definition) is 2. The summed E-state index contributed by atoms with van der Waals surface area (Å²) < 4.78 is 2.64. The molecule has 3 N–H and O–H groups in total. The molecule has 0 aliphatic rings. The summed E-state index contributed by atoms with van der Waals surface area (Å²) in [7, 11) is 0. The molecule has 0 aromatic heterocycles. The SMILES string of the molecule is C[I-]NC(=O)CN. The Hall–Kier alpha value is 0.160.